The molecule has 0 spiro atoms. The van der Waals surface area contributed by atoms with E-state index in [2.05, 4.69) is 31.1 Å². The van der Waals surface area contributed by atoms with E-state index in [4.69, 9.17) is 0 Å². The van der Waals surface area contributed by atoms with Gasteiger partial charge in [0.25, 0.3) is 5.78 Å². The highest BCUT2D eigenvalue weighted by atomic mass is 32.2. The van der Waals surface area contributed by atoms with Gasteiger partial charge in [0.15, 0.2) is 5.82 Å². The van der Waals surface area contributed by atoms with Crippen LogP contribution in [0.2, 0.25) is 0 Å². The number of fused-ring (bicyclic) bond motifs is 2. The van der Waals surface area contributed by atoms with Crippen molar-refractivity contribution in [3.8, 4) is 6.07 Å². The Morgan fingerprint density at radius 1 is 1.25 bits per heavy atom. The van der Waals surface area contributed by atoms with E-state index in [0.717, 1.165) is 22.4 Å². The average Bonchev–Trinajstić information content (AvgIpc) is 3.25. The third-order valence-corrected chi connectivity index (χ3v) is 5.22. The molecule has 0 fully saturated rings. The Kier molecular flexibility index (Phi) is 4.49. The van der Waals surface area contributed by atoms with Crippen LogP contribution in [0.15, 0.2) is 41.2 Å². The number of nitrogens with zero attached hydrogens (tertiary/aromatic N) is 6. The summed E-state index contributed by atoms with van der Waals surface area (Å²) in [6.45, 7) is 5.62. The predicted molar refractivity (Wildman–Crippen MR) is 107 cm³/mol. The number of para-hydroxylation sites is 2. The number of aromatic amines is 1. The minimum atomic E-state index is -0.443. The maximum Gasteiger partial charge on any atom is 0.253 e. The number of thioether (sulfide) groups is 1. The summed E-state index contributed by atoms with van der Waals surface area (Å²) >= 11 is 1.25. The van der Waals surface area contributed by atoms with Gasteiger partial charge in [0.05, 0.1) is 16.3 Å². The van der Waals surface area contributed by atoms with Gasteiger partial charge < -0.3 is 10.1 Å². The lowest BCUT2D eigenvalue weighted by Gasteiger charge is -2.09. The molecule has 0 radical (unpaired) electrons. The summed E-state index contributed by atoms with van der Waals surface area (Å²) in [6.07, 6.45) is 0. The maximum absolute atomic E-state index is 10.7. The fraction of sp³-hybridized carbons (Fsp3) is 0.211. The number of H-pyrrole nitrogens is 1. The van der Waals surface area contributed by atoms with Crippen LogP contribution in [0, 0.1) is 25.2 Å². The van der Waals surface area contributed by atoms with E-state index in [1.54, 1.807) is 11.4 Å². The molecule has 0 aliphatic rings. The number of hydrogen-bond acceptors (Lipinski definition) is 7. The van der Waals surface area contributed by atoms with Gasteiger partial charge in [0.2, 0.25) is 5.16 Å². The van der Waals surface area contributed by atoms with Gasteiger partial charge in [0.1, 0.15) is 17.4 Å². The molecule has 1 unspecified atom stereocenters. The van der Waals surface area contributed by atoms with Gasteiger partial charge in [-0.3, -0.25) is 0 Å². The minimum absolute atomic E-state index is 0.0775. The van der Waals surface area contributed by atoms with Crippen LogP contribution in [0.25, 0.3) is 22.4 Å². The zero-order valence-corrected chi connectivity index (χ0v) is 16.3. The number of aliphatic hydroxyl groups is 1. The standard InChI is InChI=1S/C19H17N7OS/c1-10-8-11(2)26-18(21-10)24-19(25-26)28-12(3)16(27)13(9-20)17-22-14-6-4-5-7-15(14)23-17/h4-8,12,27H,1-3H3,(H,22,23)/b16-13-. The van der Waals surface area contributed by atoms with Crippen molar-refractivity contribution in [1.29, 1.82) is 5.26 Å². The summed E-state index contributed by atoms with van der Waals surface area (Å²) in [5.74, 6) is 0.768. The molecule has 3 aromatic heterocycles. The second-order valence-corrected chi connectivity index (χ2v) is 7.69. The molecule has 0 amide bonds. The fourth-order valence-electron chi connectivity index (χ4n) is 2.92. The van der Waals surface area contributed by atoms with E-state index >= 15 is 0 Å². The minimum Gasteiger partial charge on any atom is -0.510 e. The first-order valence-electron chi connectivity index (χ1n) is 8.62. The molecule has 4 aromatic rings. The monoisotopic (exact) mass is 391 g/mol. The van der Waals surface area contributed by atoms with Crippen LogP contribution in [-0.4, -0.2) is 39.9 Å². The second-order valence-electron chi connectivity index (χ2n) is 6.38. The normalized spacial score (nSPS) is 13.5. The molecule has 1 aromatic carbocycles. The molecule has 0 saturated heterocycles. The first-order valence-corrected chi connectivity index (χ1v) is 9.50. The molecule has 0 saturated carbocycles. The molecule has 0 bridgehead atoms. The lowest BCUT2D eigenvalue weighted by Crippen LogP contribution is -2.05. The van der Waals surface area contributed by atoms with Crippen molar-refractivity contribution in [2.45, 2.75) is 31.2 Å². The molecule has 2 N–H and O–H groups in total. The molecule has 140 valence electrons. The van der Waals surface area contributed by atoms with Crippen molar-refractivity contribution >= 4 is 34.1 Å². The Labute approximate surface area is 165 Å². The van der Waals surface area contributed by atoms with E-state index in [-0.39, 0.29) is 11.3 Å². The number of nitriles is 1. The lowest BCUT2D eigenvalue weighted by atomic mass is 10.2. The van der Waals surface area contributed by atoms with Gasteiger partial charge in [-0.1, -0.05) is 23.9 Å². The number of allylic oxidation sites excluding steroid dienone is 1. The molecule has 28 heavy (non-hydrogen) atoms. The fourth-order valence-corrected chi connectivity index (χ4v) is 3.73. The van der Waals surface area contributed by atoms with Crippen LogP contribution in [0.3, 0.4) is 0 Å². The molecule has 1 atom stereocenters. The summed E-state index contributed by atoms with van der Waals surface area (Å²) in [5, 5.41) is 24.7. The van der Waals surface area contributed by atoms with Gasteiger partial charge in [0, 0.05) is 11.4 Å². The molecule has 9 heteroatoms. The third-order valence-electron chi connectivity index (χ3n) is 4.26. The third kappa shape index (κ3) is 3.18. The number of aryl methyl sites for hydroxylation is 2. The van der Waals surface area contributed by atoms with Crippen molar-refractivity contribution in [2.24, 2.45) is 0 Å². The van der Waals surface area contributed by atoms with Gasteiger partial charge in [-0.25, -0.2) is 14.5 Å². The SMILES string of the molecule is Cc1cc(C)n2nc(SC(C)/C(O)=C(\C#N)c3nc4ccccc4[nH]3)nc2n1. The zero-order valence-electron chi connectivity index (χ0n) is 15.5. The summed E-state index contributed by atoms with van der Waals surface area (Å²) < 4.78 is 1.66. The van der Waals surface area contributed by atoms with E-state index < -0.39 is 5.25 Å². The number of aliphatic hydroxyl groups excluding tert-OH is 1. The van der Waals surface area contributed by atoms with Gasteiger partial charge in [-0.2, -0.15) is 10.2 Å². The first kappa shape index (κ1) is 18.0. The molecule has 8 nitrogen and oxygen atoms in total. The molecule has 0 aliphatic carbocycles. The van der Waals surface area contributed by atoms with Crippen LogP contribution < -0.4 is 0 Å². The summed E-state index contributed by atoms with van der Waals surface area (Å²) in [5.41, 5.74) is 3.43. The molecular formula is C19H17N7OS. The largest absolute Gasteiger partial charge is 0.510 e. The highest BCUT2D eigenvalue weighted by Gasteiger charge is 2.21. The van der Waals surface area contributed by atoms with Crippen LogP contribution >= 0.6 is 11.8 Å². The van der Waals surface area contributed by atoms with Crippen molar-refractivity contribution in [2.75, 3.05) is 0 Å². The highest BCUT2D eigenvalue weighted by molar-refractivity contribution is 7.99. The highest BCUT2D eigenvalue weighted by Crippen LogP contribution is 2.29. The lowest BCUT2D eigenvalue weighted by molar-refractivity contribution is 0.401. The van der Waals surface area contributed by atoms with Crippen LogP contribution in [0.4, 0.5) is 0 Å². The van der Waals surface area contributed by atoms with Crippen molar-refractivity contribution in [3.05, 3.63) is 53.3 Å². The van der Waals surface area contributed by atoms with E-state index in [0.29, 0.717) is 16.8 Å². The van der Waals surface area contributed by atoms with Crippen molar-refractivity contribution in [3.63, 3.8) is 0 Å². The van der Waals surface area contributed by atoms with E-state index in [1.165, 1.54) is 11.8 Å². The summed E-state index contributed by atoms with van der Waals surface area (Å²) in [6, 6.07) is 11.4. The Balaban J connectivity index is 1.66. The smallest absolute Gasteiger partial charge is 0.253 e. The van der Waals surface area contributed by atoms with Gasteiger partial charge in [-0.05, 0) is 39.0 Å². The summed E-state index contributed by atoms with van der Waals surface area (Å²) in [7, 11) is 0. The van der Waals surface area contributed by atoms with Crippen molar-refractivity contribution in [1.82, 2.24) is 29.5 Å². The predicted octanol–water partition coefficient (Wildman–Crippen LogP) is 3.59. The Bertz CT molecular complexity index is 1230. The number of benzene rings is 1. The van der Waals surface area contributed by atoms with Gasteiger partial charge >= 0.3 is 0 Å². The number of rotatable bonds is 4. The van der Waals surface area contributed by atoms with Crippen molar-refractivity contribution < 1.29 is 5.11 Å². The Morgan fingerprint density at radius 3 is 2.79 bits per heavy atom. The number of nitrogens with one attached hydrogen (secondary N) is 1. The second kappa shape index (κ2) is 6.98. The zero-order chi connectivity index (χ0) is 19.8. The molecular weight excluding hydrogens is 374 g/mol. The quantitative estimate of drug-likeness (QED) is 0.310. The first-order chi connectivity index (χ1) is 13.5. The summed E-state index contributed by atoms with van der Waals surface area (Å²) in [4.78, 5) is 16.3. The Morgan fingerprint density at radius 2 is 2.04 bits per heavy atom. The maximum atomic E-state index is 10.7. The molecule has 3 heterocycles. The number of hydrogen-bond donors (Lipinski definition) is 2. The topological polar surface area (TPSA) is 116 Å². The number of aromatic nitrogens is 6. The van der Waals surface area contributed by atoms with Crippen LogP contribution in [-0.2, 0) is 0 Å². The van der Waals surface area contributed by atoms with Gasteiger partial charge in [-0.15, -0.1) is 5.10 Å². The van der Waals surface area contributed by atoms with E-state index in [1.807, 2.05) is 44.2 Å². The van der Waals surface area contributed by atoms with Crippen LogP contribution in [0.5, 0.6) is 0 Å². The molecule has 0 aliphatic heterocycles. The molecule has 4 rings (SSSR count). The van der Waals surface area contributed by atoms with Crippen LogP contribution in [0.1, 0.15) is 24.1 Å². The van der Waals surface area contributed by atoms with E-state index in [9.17, 15) is 10.4 Å². The Hall–Kier alpha value is -3.38. The average molecular weight is 391 g/mol. The number of imidazole rings is 1.